The average molecular weight is 297 g/mol. The first kappa shape index (κ1) is 16.2. The molecular weight excluding hydrogens is 270 g/mol. The molecule has 2 aliphatic rings. The van der Waals surface area contributed by atoms with Gasteiger partial charge in [-0.15, -0.1) is 0 Å². The van der Waals surface area contributed by atoms with E-state index in [2.05, 4.69) is 5.32 Å². The maximum absolute atomic E-state index is 12.1. The van der Waals surface area contributed by atoms with Crippen LogP contribution in [0.15, 0.2) is 0 Å². The summed E-state index contributed by atoms with van der Waals surface area (Å²) in [5.41, 5.74) is 0. The minimum absolute atomic E-state index is 0.0241. The number of nitrogens with zero attached hydrogens (tertiary/aromatic N) is 2. The van der Waals surface area contributed by atoms with Gasteiger partial charge in [0.2, 0.25) is 11.8 Å². The Morgan fingerprint density at radius 3 is 2.57 bits per heavy atom. The summed E-state index contributed by atoms with van der Waals surface area (Å²) in [6, 6.07) is 0. The second-order valence-corrected chi connectivity index (χ2v) is 5.98. The number of rotatable bonds is 5. The molecule has 0 saturated carbocycles. The Morgan fingerprint density at radius 2 is 1.90 bits per heavy atom. The van der Waals surface area contributed by atoms with Crippen LogP contribution < -0.4 is 5.32 Å². The molecule has 2 saturated heterocycles. The first-order valence-electron chi connectivity index (χ1n) is 7.97. The Labute approximate surface area is 126 Å². The molecule has 0 atom stereocenters. The standard InChI is InChI=1S/C15H27N3O3/c1-17(12-15(20)18-8-10-21-11-9-18)14(19)3-2-13-4-6-16-7-5-13/h13,16H,2-12H2,1H3. The first-order chi connectivity index (χ1) is 10.2. The SMILES string of the molecule is CN(CC(=O)N1CCOCC1)C(=O)CCC1CCNCC1. The second kappa shape index (κ2) is 8.34. The van der Waals surface area contributed by atoms with E-state index >= 15 is 0 Å². The number of hydrogen-bond donors (Lipinski definition) is 1. The molecule has 0 unspecified atom stereocenters. The molecular formula is C15H27N3O3. The Kier molecular flexibility index (Phi) is 6.45. The molecule has 0 bridgehead atoms. The highest BCUT2D eigenvalue weighted by atomic mass is 16.5. The summed E-state index contributed by atoms with van der Waals surface area (Å²) < 4.78 is 5.23. The Hall–Kier alpha value is -1.14. The molecule has 0 aromatic rings. The van der Waals surface area contributed by atoms with Crippen molar-refractivity contribution in [2.75, 3.05) is 53.0 Å². The summed E-state index contributed by atoms with van der Waals surface area (Å²) in [5, 5.41) is 3.33. The van der Waals surface area contributed by atoms with Gasteiger partial charge in [0.15, 0.2) is 0 Å². The number of piperidine rings is 1. The van der Waals surface area contributed by atoms with Gasteiger partial charge in [-0.25, -0.2) is 0 Å². The number of nitrogens with one attached hydrogen (secondary N) is 1. The predicted molar refractivity (Wildman–Crippen MR) is 79.9 cm³/mol. The van der Waals surface area contributed by atoms with Gasteiger partial charge in [-0.1, -0.05) is 0 Å². The molecule has 2 rings (SSSR count). The van der Waals surface area contributed by atoms with Crippen molar-refractivity contribution in [1.82, 2.24) is 15.1 Å². The molecule has 1 N–H and O–H groups in total. The molecule has 6 heteroatoms. The number of carbonyl (C=O) groups is 2. The van der Waals surface area contributed by atoms with Crippen LogP contribution in [0.1, 0.15) is 25.7 Å². The summed E-state index contributed by atoms with van der Waals surface area (Å²) in [6.07, 6.45) is 3.81. The summed E-state index contributed by atoms with van der Waals surface area (Å²) in [7, 11) is 1.73. The van der Waals surface area contributed by atoms with Crippen LogP contribution in [0.5, 0.6) is 0 Å². The number of carbonyl (C=O) groups excluding carboxylic acids is 2. The van der Waals surface area contributed by atoms with Crippen molar-refractivity contribution in [3.63, 3.8) is 0 Å². The van der Waals surface area contributed by atoms with Crippen molar-refractivity contribution in [3.05, 3.63) is 0 Å². The van der Waals surface area contributed by atoms with Crippen LogP contribution in [0.3, 0.4) is 0 Å². The zero-order chi connectivity index (χ0) is 15.1. The molecule has 120 valence electrons. The third-order valence-corrected chi connectivity index (χ3v) is 4.39. The lowest BCUT2D eigenvalue weighted by atomic mass is 9.93. The summed E-state index contributed by atoms with van der Waals surface area (Å²) >= 11 is 0. The van der Waals surface area contributed by atoms with Gasteiger partial charge in [-0.05, 0) is 38.3 Å². The normalized spacial score (nSPS) is 20.3. The second-order valence-electron chi connectivity index (χ2n) is 5.98. The number of ether oxygens (including phenoxy) is 1. The molecule has 0 aromatic heterocycles. The van der Waals surface area contributed by atoms with Gasteiger partial charge in [0, 0.05) is 26.6 Å². The molecule has 6 nitrogen and oxygen atoms in total. The number of hydrogen-bond acceptors (Lipinski definition) is 4. The first-order valence-corrected chi connectivity index (χ1v) is 7.97. The zero-order valence-corrected chi connectivity index (χ0v) is 13.0. The zero-order valence-electron chi connectivity index (χ0n) is 13.0. The summed E-state index contributed by atoms with van der Waals surface area (Å²) in [5.74, 6) is 0.754. The van der Waals surface area contributed by atoms with Crippen LogP contribution >= 0.6 is 0 Å². The number of likely N-dealkylation sites (N-methyl/N-ethyl adjacent to an activating group) is 1. The van der Waals surface area contributed by atoms with E-state index in [1.807, 2.05) is 0 Å². The molecule has 2 heterocycles. The number of amides is 2. The van der Waals surface area contributed by atoms with Gasteiger partial charge in [0.05, 0.1) is 19.8 Å². The van der Waals surface area contributed by atoms with Crippen molar-refractivity contribution < 1.29 is 14.3 Å². The van der Waals surface area contributed by atoms with E-state index in [1.165, 1.54) is 0 Å². The highest BCUT2D eigenvalue weighted by Crippen LogP contribution is 2.18. The quantitative estimate of drug-likeness (QED) is 0.781. The lowest BCUT2D eigenvalue weighted by molar-refractivity contribution is -0.142. The van der Waals surface area contributed by atoms with Gasteiger partial charge in [-0.2, -0.15) is 0 Å². The molecule has 0 radical (unpaired) electrons. The van der Waals surface area contributed by atoms with Gasteiger partial charge < -0.3 is 19.9 Å². The minimum atomic E-state index is 0.0241. The van der Waals surface area contributed by atoms with Crippen LogP contribution in [0, 0.1) is 5.92 Å². The topological polar surface area (TPSA) is 61.9 Å². The molecule has 21 heavy (non-hydrogen) atoms. The maximum atomic E-state index is 12.1. The highest BCUT2D eigenvalue weighted by molar-refractivity contribution is 5.84. The van der Waals surface area contributed by atoms with Gasteiger partial charge >= 0.3 is 0 Å². The van der Waals surface area contributed by atoms with E-state index in [0.29, 0.717) is 38.6 Å². The lowest BCUT2D eigenvalue weighted by Gasteiger charge is -2.29. The van der Waals surface area contributed by atoms with Gasteiger partial charge in [-0.3, -0.25) is 9.59 Å². The van der Waals surface area contributed by atoms with E-state index in [1.54, 1.807) is 16.8 Å². The van der Waals surface area contributed by atoms with Crippen LogP contribution in [0.4, 0.5) is 0 Å². The summed E-state index contributed by atoms with van der Waals surface area (Å²) in [4.78, 5) is 27.6. The van der Waals surface area contributed by atoms with Crippen LogP contribution in [0.2, 0.25) is 0 Å². The monoisotopic (exact) mass is 297 g/mol. The van der Waals surface area contributed by atoms with E-state index < -0.39 is 0 Å². The fraction of sp³-hybridized carbons (Fsp3) is 0.867. The summed E-state index contributed by atoms with van der Waals surface area (Å²) in [6.45, 7) is 4.77. The fourth-order valence-electron chi connectivity index (χ4n) is 2.89. The Morgan fingerprint density at radius 1 is 1.24 bits per heavy atom. The van der Waals surface area contributed by atoms with Crippen LogP contribution in [-0.4, -0.2) is 74.6 Å². The molecule has 2 fully saturated rings. The van der Waals surface area contributed by atoms with Crippen LogP contribution in [0.25, 0.3) is 0 Å². The van der Waals surface area contributed by atoms with Crippen molar-refractivity contribution in [2.45, 2.75) is 25.7 Å². The number of morpholine rings is 1. The Bertz CT molecular complexity index is 350. The molecule has 2 amide bonds. The van der Waals surface area contributed by atoms with Crippen molar-refractivity contribution in [1.29, 1.82) is 0 Å². The predicted octanol–water partition coefficient (Wildman–Crippen LogP) is 0.0834. The van der Waals surface area contributed by atoms with Crippen molar-refractivity contribution >= 4 is 11.8 Å². The van der Waals surface area contributed by atoms with E-state index in [-0.39, 0.29) is 18.4 Å². The minimum Gasteiger partial charge on any atom is -0.378 e. The maximum Gasteiger partial charge on any atom is 0.242 e. The Balaban J connectivity index is 1.67. The third-order valence-electron chi connectivity index (χ3n) is 4.39. The molecule has 0 aliphatic carbocycles. The lowest BCUT2D eigenvalue weighted by Crippen LogP contribution is -2.46. The molecule has 0 spiro atoms. The van der Waals surface area contributed by atoms with Gasteiger partial charge in [0.1, 0.15) is 0 Å². The van der Waals surface area contributed by atoms with E-state index in [9.17, 15) is 9.59 Å². The third kappa shape index (κ3) is 5.28. The fourth-order valence-corrected chi connectivity index (χ4v) is 2.89. The largest absolute Gasteiger partial charge is 0.378 e. The van der Waals surface area contributed by atoms with E-state index in [4.69, 9.17) is 4.74 Å². The average Bonchev–Trinajstić information content (AvgIpc) is 2.54. The molecule has 0 aromatic carbocycles. The highest BCUT2D eigenvalue weighted by Gasteiger charge is 2.21. The van der Waals surface area contributed by atoms with E-state index in [0.717, 1.165) is 32.4 Å². The molecule has 2 aliphatic heterocycles. The smallest absolute Gasteiger partial charge is 0.242 e. The van der Waals surface area contributed by atoms with Crippen LogP contribution in [-0.2, 0) is 14.3 Å². The van der Waals surface area contributed by atoms with Gasteiger partial charge in [0.25, 0.3) is 0 Å². The van der Waals surface area contributed by atoms with Crippen molar-refractivity contribution in [2.24, 2.45) is 5.92 Å². The van der Waals surface area contributed by atoms with Crippen molar-refractivity contribution in [3.8, 4) is 0 Å².